The first-order valence-electron chi connectivity index (χ1n) is 13.0. The molecular weight excluding hydrogens is 489 g/mol. The van der Waals surface area contributed by atoms with E-state index in [4.69, 9.17) is 4.43 Å². The van der Waals surface area contributed by atoms with E-state index in [1.54, 1.807) is 0 Å². The van der Waals surface area contributed by atoms with Crippen LogP contribution >= 0.6 is 0 Å². The standard InChI is InChI=1S/C29H46O3S2Si/c1-9-10-11-12-13-14-27(32-35(7,8)29(4,5)6)28(33(30)25-19-15-23(2)16-20-25)34(31)26-21-17-24(3)18-22-26/h15-22,27-28H,9-14H2,1-8H3/t27-,33-,34-/m0/s1. The number of unbranched alkanes of at least 4 members (excludes halogenated alkanes) is 4. The molecule has 3 atom stereocenters. The molecule has 0 unspecified atom stereocenters. The predicted molar refractivity (Wildman–Crippen MR) is 154 cm³/mol. The Morgan fingerprint density at radius 1 is 0.771 bits per heavy atom. The molecule has 0 aliphatic carbocycles. The minimum absolute atomic E-state index is 0.00864. The zero-order valence-corrected chi connectivity index (χ0v) is 25.7. The van der Waals surface area contributed by atoms with Gasteiger partial charge in [0, 0.05) is 9.79 Å². The van der Waals surface area contributed by atoms with Crippen molar-refractivity contribution in [2.24, 2.45) is 0 Å². The largest absolute Gasteiger partial charge is 0.412 e. The molecular formula is C29H46O3S2Si. The summed E-state index contributed by atoms with van der Waals surface area (Å²) in [5, 5.41) is 0.00864. The molecule has 35 heavy (non-hydrogen) atoms. The molecule has 2 rings (SSSR count). The van der Waals surface area contributed by atoms with Gasteiger partial charge in [-0.15, -0.1) is 0 Å². The van der Waals surface area contributed by atoms with E-state index in [1.165, 1.54) is 19.3 Å². The van der Waals surface area contributed by atoms with Crippen LogP contribution in [0.15, 0.2) is 58.3 Å². The first-order valence-corrected chi connectivity index (χ1v) is 18.3. The maximum absolute atomic E-state index is 14.1. The monoisotopic (exact) mass is 534 g/mol. The van der Waals surface area contributed by atoms with Crippen molar-refractivity contribution in [1.82, 2.24) is 0 Å². The first kappa shape index (κ1) is 30.1. The van der Waals surface area contributed by atoms with E-state index in [0.717, 1.165) is 40.2 Å². The summed E-state index contributed by atoms with van der Waals surface area (Å²) in [6, 6.07) is 15.6. The highest BCUT2D eigenvalue weighted by Crippen LogP contribution is 2.39. The molecule has 0 fully saturated rings. The molecule has 0 aliphatic heterocycles. The summed E-state index contributed by atoms with van der Waals surface area (Å²) in [6.07, 6.45) is 6.16. The molecule has 3 nitrogen and oxygen atoms in total. The normalized spacial score (nSPS) is 15.2. The van der Waals surface area contributed by atoms with Crippen molar-refractivity contribution in [3.8, 4) is 0 Å². The molecule has 0 radical (unpaired) electrons. The van der Waals surface area contributed by atoms with Gasteiger partial charge in [-0.25, -0.2) is 0 Å². The van der Waals surface area contributed by atoms with E-state index in [2.05, 4.69) is 40.8 Å². The van der Waals surface area contributed by atoms with Crippen LogP contribution in [0.1, 0.15) is 77.3 Å². The molecule has 2 aromatic carbocycles. The first-order chi connectivity index (χ1) is 16.4. The lowest BCUT2D eigenvalue weighted by Crippen LogP contribution is -2.49. The molecule has 0 bridgehead atoms. The Morgan fingerprint density at radius 2 is 1.20 bits per heavy atom. The molecule has 2 aromatic rings. The summed E-state index contributed by atoms with van der Waals surface area (Å²) in [4.78, 5) is 1.44. The van der Waals surface area contributed by atoms with E-state index in [0.29, 0.717) is 0 Å². The summed E-state index contributed by atoms with van der Waals surface area (Å²) < 4.78 is 34.5. The molecule has 0 amide bonds. The molecule has 0 heterocycles. The molecule has 0 aromatic heterocycles. The van der Waals surface area contributed by atoms with Crippen molar-refractivity contribution < 1.29 is 12.8 Å². The molecule has 0 saturated carbocycles. The van der Waals surface area contributed by atoms with Gasteiger partial charge in [0.05, 0.1) is 27.7 Å². The summed E-state index contributed by atoms with van der Waals surface area (Å²) >= 11 is 0. The van der Waals surface area contributed by atoms with Crippen molar-refractivity contribution in [3.63, 3.8) is 0 Å². The Morgan fingerprint density at radius 3 is 1.60 bits per heavy atom. The fraction of sp³-hybridized carbons (Fsp3) is 0.586. The van der Waals surface area contributed by atoms with Crippen LogP contribution in [-0.4, -0.2) is 27.4 Å². The van der Waals surface area contributed by atoms with Gasteiger partial charge in [-0.05, 0) is 62.7 Å². The second-order valence-corrected chi connectivity index (χ2v) is 19.4. The number of benzene rings is 2. The van der Waals surface area contributed by atoms with Gasteiger partial charge in [0.15, 0.2) is 8.32 Å². The molecule has 0 spiro atoms. The smallest absolute Gasteiger partial charge is 0.192 e. The number of hydrogen-bond acceptors (Lipinski definition) is 3. The second-order valence-electron chi connectivity index (χ2n) is 11.2. The Bertz CT molecular complexity index is 905. The minimum atomic E-state index is -2.19. The molecule has 0 aliphatic rings. The van der Waals surface area contributed by atoms with E-state index in [-0.39, 0.29) is 11.1 Å². The lowest BCUT2D eigenvalue weighted by Gasteiger charge is -2.41. The molecule has 6 heteroatoms. The fourth-order valence-electron chi connectivity index (χ4n) is 3.72. The summed E-state index contributed by atoms with van der Waals surface area (Å²) in [6.45, 7) is 17.4. The van der Waals surface area contributed by atoms with Crippen LogP contribution in [0.4, 0.5) is 0 Å². The van der Waals surface area contributed by atoms with Crippen molar-refractivity contribution in [1.29, 1.82) is 0 Å². The van der Waals surface area contributed by atoms with Crippen LogP contribution in [0.25, 0.3) is 0 Å². The fourth-order valence-corrected chi connectivity index (χ4v) is 8.87. The minimum Gasteiger partial charge on any atom is -0.412 e. The van der Waals surface area contributed by atoms with Crippen molar-refractivity contribution >= 4 is 29.9 Å². The highest BCUT2D eigenvalue weighted by Gasteiger charge is 2.43. The Hall–Kier alpha value is -1.08. The maximum atomic E-state index is 14.1. The summed E-state index contributed by atoms with van der Waals surface area (Å²) in [7, 11) is -5.12. The average molecular weight is 535 g/mol. The third-order valence-electron chi connectivity index (χ3n) is 7.08. The summed E-state index contributed by atoms with van der Waals surface area (Å²) in [5.41, 5.74) is 2.24. The SMILES string of the molecule is CCCCCCC[C@H](O[Si](C)(C)C(C)(C)C)C([S@@](=O)c1ccc(C)cc1)[S@@](=O)c1ccc(C)cc1. The predicted octanol–water partition coefficient (Wildman–Crippen LogP) is 8.30. The average Bonchev–Trinajstić information content (AvgIpc) is 2.78. The van der Waals surface area contributed by atoms with E-state index in [9.17, 15) is 8.42 Å². The number of rotatable bonds is 13. The van der Waals surface area contributed by atoms with Gasteiger partial charge < -0.3 is 4.43 Å². The third kappa shape index (κ3) is 8.76. The lowest BCUT2D eigenvalue weighted by molar-refractivity contribution is 0.180. The zero-order chi connectivity index (χ0) is 26.2. The second kappa shape index (κ2) is 13.5. The van der Waals surface area contributed by atoms with Gasteiger partial charge in [-0.2, -0.15) is 0 Å². The van der Waals surface area contributed by atoms with Crippen LogP contribution in [0, 0.1) is 13.8 Å². The van der Waals surface area contributed by atoms with Gasteiger partial charge in [-0.3, -0.25) is 8.42 Å². The quantitative estimate of drug-likeness (QED) is 0.192. The van der Waals surface area contributed by atoms with Gasteiger partial charge >= 0.3 is 0 Å². The highest BCUT2D eigenvalue weighted by molar-refractivity contribution is 8.03. The van der Waals surface area contributed by atoms with Crippen molar-refractivity contribution in [3.05, 3.63) is 59.7 Å². The van der Waals surface area contributed by atoms with Crippen LogP contribution in [0.2, 0.25) is 18.1 Å². The maximum Gasteiger partial charge on any atom is 0.192 e. The van der Waals surface area contributed by atoms with Crippen molar-refractivity contribution in [2.45, 2.75) is 119 Å². The van der Waals surface area contributed by atoms with Crippen molar-refractivity contribution in [2.75, 3.05) is 0 Å². The topological polar surface area (TPSA) is 43.4 Å². The van der Waals surface area contributed by atoms with Gasteiger partial charge in [0.2, 0.25) is 0 Å². The Kier molecular flexibility index (Phi) is 11.6. The third-order valence-corrected chi connectivity index (χ3v) is 15.6. The Balaban J connectivity index is 2.50. The molecule has 0 N–H and O–H groups in total. The van der Waals surface area contributed by atoms with Crippen LogP contribution < -0.4 is 0 Å². The Labute approximate surface area is 220 Å². The van der Waals surface area contributed by atoms with Gasteiger partial charge in [-0.1, -0.05) is 95.2 Å². The van der Waals surface area contributed by atoms with Crippen LogP contribution in [0.3, 0.4) is 0 Å². The number of hydrogen-bond donors (Lipinski definition) is 0. The van der Waals surface area contributed by atoms with Gasteiger partial charge in [0.25, 0.3) is 0 Å². The number of aryl methyl sites for hydroxylation is 2. The van der Waals surface area contributed by atoms with E-state index >= 15 is 0 Å². The van der Waals surface area contributed by atoms with E-state index in [1.807, 2.05) is 62.4 Å². The zero-order valence-electron chi connectivity index (χ0n) is 23.1. The molecule has 196 valence electrons. The summed E-state index contributed by atoms with van der Waals surface area (Å²) in [5.74, 6) is 0. The van der Waals surface area contributed by atoms with Gasteiger partial charge in [0.1, 0.15) is 4.58 Å². The van der Waals surface area contributed by atoms with Crippen LogP contribution in [-0.2, 0) is 26.0 Å². The molecule has 0 saturated heterocycles. The highest BCUT2D eigenvalue weighted by atomic mass is 32.2. The van der Waals surface area contributed by atoms with E-state index < -0.39 is 34.5 Å². The lowest BCUT2D eigenvalue weighted by atomic mass is 10.1. The van der Waals surface area contributed by atoms with Crippen LogP contribution in [0.5, 0.6) is 0 Å².